The monoisotopic (exact) mass is 493 g/mol. The van der Waals surface area contributed by atoms with E-state index >= 15 is 0 Å². The second-order valence-electron chi connectivity index (χ2n) is 6.88. The highest BCUT2D eigenvalue weighted by Gasteiger charge is 2.34. The molecule has 0 radical (unpaired) electrons. The van der Waals surface area contributed by atoms with Gasteiger partial charge in [0.25, 0.3) is 17.5 Å². The highest BCUT2D eigenvalue weighted by atomic mass is 79.9. The second-order valence-corrected chi connectivity index (χ2v) is 7.73. The van der Waals surface area contributed by atoms with Crippen molar-refractivity contribution in [3.63, 3.8) is 0 Å². The Kier molecular flexibility index (Phi) is 6.00. The summed E-state index contributed by atoms with van der Waals surface area (Å²) < 4.78 is 6.41. The number of rotatable bonds is 6. The number of nitrogens with zero attached hydrogens (tertiary/aromatic N) is 2. The molecule has 1 aliphatic rings. The fourth-order valence-corrected chi connectivity index (χ4v) is 3.59. The van der Waals surface area contributed by atoms with Gasteiger partial charge in [-0.15, -0.1) is 0 Å². The number of nitro groups is 1. The van der Waals surface area contributed by atoms with Crippen molar-refractivity contribution >= 4 is 45.2 Å². The van der Waals surface area contributed by atoms with Crippen molar-refractivity contribution in [1.82, 2.24) is 5.43 Å². The molecule has 8 nitrogen and oxygen atoms in total. The van der Waals surface area contributed by atoms with Gasteiger partial charge >= 0.3 is 0 Å². The molecule has 4 rings (SSSR count). The van der Waals surface area contributed by atoms with Crippen LogP contribution in [0.3, 0.4) is 0 Å². The fourth-order valence-electron chi connectivity index (χ4n) is 3.08. The van der Waals surface area contributed by atoms with Crippen molar-refractivity contribution in [2.75, 3.05) is 5.01 Å². The number of carbonyl (C=O) groups is 2. The van der Waals surface area contributed by atoms with E-state index in [9.17, 15) is 19.7 Å². The van der Waals surface area contributed by atoms with E-state index in [0.717, 1.165) is 5.56 Å². The molecule has 0 spiro atoms. The number of hydrogen-bond acceptors (Lipinski definition) is 5. The first kappa shape index (κ1) is 21.3. The number of halogens is 1. The number of ether oxygens (including phenoxy) is 1. The van der Waals surface area contributed by atoms with E-state index in [-0.39, 0.29) is 17.9 Å². The third-order valence-electron chi connectivity index (χ3n) is 4.71. The average molecular weight is 494 g/mol. The van der Waals surface area contributed by atoms with Gasteiger partial charge in [0.2, 0.25) is 0 Å². The lowest BCUT2D eigenvalue weighted by Gasteiger charge is -2.13. The Hall–Kier alpha value is -3.98. The van der Waals surface area contributed by atoms with Crippen LogP contribution in [0.2, 0.25) is 0 Å². The number of nitro benzene ring substituents is 1. The Morgan fingerprint density at radius 3 is 2.41 bits per heavy atom. The first-order valence-electron chi connectivity index (χ1n) is 9.50. The van der Waals surface area contributed by atoms with Crippen molar-refractivity contribution in [1.29, 1.82) is 0 Å². The molecule has 32 heavy (non-hydrogen) atoms. The molecule has 0 bridgehead atoms. The quantitative estimate of drug-likeness (QED) is 0.237. The lowest BCUT2D eigenvalue weighted by molar-refractivity contribution is -0.384. The number of benzene rings is 3. The summed E-state index contributed by atoms with van der Waals surface area (Å²) in [6.45, 7) is 0.226. The van der Waals surface area contributed by atoms with E-state index in [1.807, 2.05) is 6.07 Å². The van der Waals surface area contributed by atoms with Crippen LogP contribution < -0.4 is 15.2 Å². The summed E-state index contributed by atoms with van der Waals surface area (Å²) in [6.07, 6.45) is 1.52. The summed E-state index contributed by atoms with van der Waals surface area (Å²) in [6, 6.07) is 20.1. The molecule has 0 unspecified atom stereocenters. The van der Waals surface area contributed by atoms with E-state index in [2.05, 4.69) is 21.4 Å². The van der Waals surface area contributed by atoms with Gasteiger partial charge in [-0.3, -0.25) is 25.1 Å². The number of amides is 2. The van der Waals surface area contributed by atoms with E-state index < -0.39 is 16.7 Å². The SMILES string of the molecule is O=C1NN(c2ccccc2)C(=O)/C1=C\c1ccc(OCc2ccc([N+](=O)[O-])cc2)c(Br)c1. The number of hydrogen-bond donors (Lipinski definition) is 1. The van der Waals surface area contributed by atoms with Crippen molar-refractivity contribution < 1.29 is 19.2 Å². The summed E-state index contributed by atoms with van der Waals surface area (Å²) in [5, 5.41) is 12.0. The molecule has 2 amide bonds. The predicted molar refractivity (Wildman–Crippen MR) is 122 cm³/mol. The molecule has 0 aliphatic carbocycles. The Bertz CT molecular complexity index is 1230. The minimum Gasteiger partial charge on any atom is -0.488 e. The van der Waals surface area contributed by atoms with Crippen LogP contribution in [0.5, 0.6) is 5.75 Å². The number of hydrazine groups is 1. The molecular formula is C23H16BrN3O5. The number of anilines is 1. The minimum atomic E-state index is -0.478. The Morgan fingerprint density at radius 2 is 1.75 bits per heavy atom. The minimum absolute atomic E-state index is 0.0173. The smallest absolute Gasteiger partial charge is 0.282 e. The lowest BCUT2D eigenvalue weighted by atomic mass is 10.1. The maximum atomic E-state index is 12.7. The van der Waals surface area contributed by atoms with Crippen LogP contribution in [0.15, 0.2) is 82.8 Å². The summed E-state index contributed by atoms with van der Waals surface area (Å²) in [4.78, 5) is 35.3. The molecular weight excluding hydrogens is 478 g/mol. The van der Waals surface area contributed by atoms with Crippen molar-refractivity contribution in [3.05, 3.63) is 104 Å². The van der Waals surface area contributed by atoms with Crippen LogP contribution in [-0.4, -0.2) is 16.7 Å². The van der Waals surface area contributed by atoms with Crippen LogP contribution in [0.4, 0.5) is 11.4 Å². The van der Waals surface area contributed by atoms with Gasteiger partial charge in [-0.1, -0.05) is 24.3 Å². The van der Waals surface area contributed by atoms with Gasteiger partial charge in [-0.2, -0.15) is 0 Å². The molecule has 160 valence electrons. The zero-order valence-electron chi connectivity index (χ0n) is 16.5. The van der Waals surface area contributed by atoms with Crippen LogP contribution in [0.25, 0.3) is 6.08 Å². The van der Waals surface area contributed by atoms with Crippen LogP contribution in [-0.2, 0) is 16.2 Å². The van der Waals surface area contributed by atoms with Gasteiger partial charge < -0.3 is 4.74 Å². The topological polar surface area (TPSA) is 102 Å². The average Bonchev–Trinajstić information content (AvgIpc) is 3.07. The van der Waals surface area contributed by atoms with Gasteiger partial charge in [0.1, 0.15) is 17.9 Å². The van der Waals surface area contributed by atoms with Gasteiger partial charge in [0.15, 0.2) is 0 Å². The molecule has 0 aromatic heterocycles. The Balaban J connectivity index is 1.47. The zero-order chi connectivity index (χ0) is 22.7. The molecule has 1 N–H and O–H groups in total. The molecule has 3 aromatic rings. The predicted octanol–water partition coefficient (Wildman–Crippen LogP) is 4.40. The number of para-hydroxylation sites is 1. The molecule has 1 fully saturated rings. The first-order valence-corrected chi connectivity index (χ1v) is 10.3. The fraction of sp³-hybridized carbons (Fsp3) is 0.0435. The van der Waals surface area contributed by atoms with Gasteiger partial charge in [-0.25, -0.2) is 5.01 Å². The molecule has 0 saturated carbocycles. The van der Waals surface area contributed by atoms with Crippen LogP contribution in [0, 0.1) is 10.1 Å². The molecule has 1 saturated heterocycles. The molecule has 3 aromatic carbocycles. The maximum absolute atomic E-state index is 12.7. The van der Waals surface area contributed by atoms with Crippen molar-refractivity contribution in [3.8, 4) is 5.75 Å². The zero-order valence-corrected chi connectivity index (χ0v) is 18.1. The first-order chi connectivity index (χ1) is 15.4. The number of non-ortho nitro benzene ring substituents is 1. The molecule has 0 atom stereocenters. The van der Waals surface area contributed by atoms with Gasteiger partial charge in [-0.05, 0) is 69.5 Å². The lowest BCUT2D eigenvalue weighted by Crippen LogP contribution is -2.35. The largest absolute Gasteiger partial charge is 0.488 e. The Labute approximate surface area is 191 Å². The third kappa shape index (κ3) is 4.52. The van der Waals surface area contributed by atoms with Crippen molar-refractivity contribution in [2.45, 2.75) is 6.61 Å². The van der Waals surface area contributed by atoms with Crippen LogP contribution in [0.1, 0.15) is 11.1 Å². The third-order valence-corrected chi connectivity index (χ3v) is 5.33. The number of nitrogens with one attached hydrogen (secondary N) is 1. The summed E-state index contributed by atoms with van der Waals surface area (Å²) in [5.41, 5.74) is 4.61. The van der Waals surface area contributed by atoms with E-state index in [1.165, 1.54) is 23.2 Å². The molecule has 1 aliphatic heterocycles. The van der Waals surface area contributed by atoms with E-state index in [1.54, 1.807) is 54.6 Å². The number of carbonyl (C=O) groups excluding carboxylic acids is 2. The summed E-state index contributed by atoms with van der Waals surface area (Å²) in [5.74, 6) is -0.358. The maximum Gasteiger partial charge on any atom is 0.282 e. The van der Waals surface area contributed by atoms with E-state index in [4.69, 9.17) is 4.74 Å². The standard InChI is InChI=1S/C23H16BrN3O5/c24-20-13-16(8-11-21(20)32-14-15-6-9-18(10-7-15)27(30)31)12-19-22(28)25-26(23(19)29)17-4-2-1-3-5-17/h1-13H,14H2,(H,25,28)/b19-12-. The summed E-state index contributed by atoms with van der Waals surface area (Å²) in [7, 11) is 0. The Morgan fingerprint density at radius 1 is 1.03 bits per heavy atom. The molecule has 1 heterocycles. The van der Waals surface area contributed by atoms with Crippen molar-refractivity contribution in [2.24, 2.45) is 0 Å². The normalized spacial score (nSPS) is 14.5. The van der Waals surface area contributed by atoms with Gasteiger partial charge in [0.05, 0.1) is 15.1 Å². The highest BCUT2D eigenvalue weighted by molar-refractivity contribution is 9.10. The summed E-state index contributed by atoms with van der Waals surface area (Å²) >= 11 is 3.44. The second kappa shape index (κ2) is 9.03. The van der Waals surface area contributed by atoms with Gasteiger partial charge in [0, 0.05) is 12.1 Å². The highest BCUT2D eigenvalue weighted by Crippen LogP contribution is 2.29. The van der Waals surface area contributed by atoms with E-state index in [0.29, 0.717) is 21.5 Å². The molecule has 9 heteroatoms. The van der Waals surface area contributed by atoms with Crippen LogP contribution >= 0.6 is 15.9 Å².